The van der Waals surface area contributed by atoms with Gasteiger partial charge >= 0.3 is 11.9 Å². The van der Waals surface area contributed by atoms with Gasteiger partial charge in [-0.1, -0.05) is 20.8 Å². The van der Waals surface area contributed by atoms with Gasteiger partial charge < -0.3 is 45.5 Å². The fraction of sp³-hybridized carbons (Fsp3) is 0.467. The molecule has 1 aromatic carbocycles. The Morgan fingerprint density at radius 2 is 1.71 bits per heavy atom. The SMILES string of the molecule is CC[C@@]1(O)C(=O)OCc2c1cc1n(c2=O)Cc2c-1nc1cc(F)c(C)c3c1c2[C@H](NC(=O)COCNC(=O)[C@H](C)NC(=O)[C@@H](NC(=O)C(CCCC(=O)O)N1C(=O)C=CC1=O)C(C)C)CC3. The zero-order chi connectivity index (χ0) is 47.9. The Bertz CT molecular complexity index is 2680. The first-order valence-electron chi connectivity index (χ1n) is 21.6. The van der Waals surface area contributed by atoms with Crippen LogP contribution in [0.2, 0.25) is 0 Å². The molecule has 4 aliphatic rings. The zero-order valence-electron chi connectivity index (χ0n) is 36.9. The van der Waals surface area contributed by atoms with Crippen LogP contribution >= 0.6 is 0 Å². The molecule has 5 atom stereocenters. The molecule has 0 spiro atoms. The van der Waals surface area contributed by atoms with E-state index >= 15 is 4.39 Å². The number of hydrogen-bond donors (Lipinski definition) is 6. The van der Waals surface area contributed by atoms with Crippen molar-refractivity contribution in [3.8, 4) is 11.4 Å². The zero-order valence-corrected chi connectivity index (χ0v) is 36.9. The molecule has 0 saturated carbocycles. The number of carboxylic acids is 1. The average Bonchev–Trinajstić information content (AvgIpc) is 3.81. The lowest BCUT2D eigenvalue weighted by Gasteiger charge is -2.31. The number of pyridine rings is 2. The largest absolute Gasteiger partial charge is 0.481 e. The molecule has 5 heterocycles. The molecular weight excluding hydrogens is 866 g/mol. The van der Waals surface area contributed by atoms with Crippen molar-refractivity contribution in [3.05, 3.63) is 73.8 Å². The molecule has 2 aromatic heterocycles. The van der Waals surface area contributed by atoms with Crippen molar-refractivity contribution in [2.75, 3.05) is 13.3 Å². The maximum absolute atomic E-state index is 15.3. The summed E-state index contributed by atoms with van der Waals surface area (Å²) in [4.78, 5) is 121. The summed E-state index contributed by atoms with van der Waals surface area (Å²) in [6, 6.07) is -1.56. The Morgan fingerprint density at radius 3 is 2.38 bits per heavy atom. The van der Waals surface area contributed by atoms with Crippen LogP contribution in [0, 0.1) is 18.7 Å². The second kappa shape index (κ2) is 18.6. The third-order valence-electron chi connectivity index (χ3n) is 12.6. The van der Waals surface area contributed by atoms with E-state index < -0.39 is 108 Å². The monoisotopic (exact) mass is 915 g/mol. The highest BCUT2D eigenvalue weighted by atomic mass is 19.1. The van der Waals surface area contributed by atoms with Gasteiger partial charge in [-0.15, -0.1) is 0 Å². The lowest BCUT2D eigenvalue weighted by molar-refractivity contribution is -0.172. The molecule has 21 heteroatoms. The summed E-state index contributed by atoms with van der Waals surface area (Å²) >= 11 is 0. The number of carbonyl (C=O) groups is 8. The number of nitrogens with zero attached hydrogens (tertiary/aromatic N) is 3. The molecule has 6 N–H and O–H groups in total. The summed E-state index contributed by atoms with van der Waals surface area (Å²) in [6.07, 6.45) is 2.15. The van der Waals surface area contributed by atoms with Crippen LogP contribution in [0.3, 0.4) is 0 Å². The Morgan fingerprint density at radius 1 is 1.00 bits per heavy atom. The molecule has 1 aliphatic carbocycles. The predicted molar refractivity (Wildman–Crippen MR) is 228 cm³/mol. The van der Waals surface area contributed by atoms with Crippen LogP contribution < -0.4 is 26.8 Å². The van der Waals surface area contributed by atoms with Gasteiger partial charge in [0.2, 0.25) is 23.6 Å². The molecule has 20 nitrogen and oxygen atoms in total. The number of imide groups is 1. The normalized spacial score (nSPS) is 19.4. The predicted octanol–water partition coefficient (Wildman–Crippen LogP) is 0.915. The number of aliphatic hydroxyl groups is 1. The van der Waals surface area contributed by atoms with E-state index in [9.17, 15) is 48.3 Å². The number of cyclic esters (lactones) is 1. The Balaban J connectivity index is 0.991. The average molecular weight is 916 g/mol. The van der Waals surface area contributed by atoms with Crippen molar-refractivity contribution in [1.29, 1.82) is 0 Å². The van der Waals surface area contributed by atoms with Gasteiger partial charge in [-0.05, 0) is 74.6 Å². The van der Waals surface area contributed by atoms with Crippen molar-refractivity contribution >= 4 is 58.3 Å². The minimum absolute atomic E-state index is 0.0359. The van der Waals surface area contributed by atoms with Crippen molar-refractivity contribution in [1.82, 2.24) is 35.7 Å². The van der Waals surface area contributed by atoms with E-state index in [0.29, 0.717) is 56.7 Å². The number of carboxylic acid groups (broad SMARTS) is 1. The second-order valence-corrected chi connectivity index (χ2v) is 17.1. The summed E-state index contributed by atoms with van der Waals surface area (Å²) in [6.45, 7) is 6.66. The molecule has 1 unspecified atom stereocenters. The van der Waals surface area contributed by atoms with Gasteiger partial charge in [0.1, 0.15) is 43.9 Å². The molecule has 3 aromatic rings. The number of esters is 1. The Kier molecular flexibility index (Phi) is 13.2. The van der Waals surface area contributed by atoms with Gasteiger partial charge in [-0.3, -0.25) is 43.3 Å². The highest BCUT2D eigenvalue weighted by Gasteiger charge is 2.46. The minimum Gasteiger partial charge on any atom is -0.481 e. The fourth-order valence-corrected chi connectivity index (χ4v) is 9.05. The van der Waals surface area contributed by atoms with E-state index in [1.807, 2.05) is 0 Å². The van der Waals surface area contributed by atoms with Crippen molar-refractivity contribution in [2.24, 2.45) is 5.92 Å². The Labute approximate surface area is 376 Å². The maximum atomic E-state index is 15.3. The van der Waals surface area contributed by atoms with E-state index in [1.165, 1.54) is 17.6 Å². The fourth-order valence-electron chi connectivity index (χ4n) is 9.05. The lowest BCUT2D eigenvalue weighted by Crippen LogP contribution is -2.58. The third kappa shape index (κ3) is 8.66. The van der Waals surface area contributed by atoms with Crippen molar-refractivity contribution in [3.63, 3.8) is 0 Å². The summed E-state index contributed by atoms with van der Waals surface area (Å²) in [7, 11) is 0. The molecule has 6 amide bonds. The summed E-state index contributed by atoms with van der Waals surface area (Å²) in [5, 5.41) is 31.5. The first-order chi connectivity index (χ1) is 31.3. The number of benzene rings is 1. The van der Waals surface area contributed by atoms with Gasteiger partial charge in [-0.25, -0.2) is 14.2 Å². The van der Waals surface area contributed by atoms with E-state index in [2.05, 4.69) is 21.3 Å². The first-order valence-corrected chi connectivity index (χ1v) is 21.6. The number of ether oxygens (including phenoxy) is 2. The standard InChI is InChI=1S/C45H50FN7O13/c1-6-45(64)26-14-31-39-24(16-52(31)43(62)25(26)17-66-44(45)63)37-28(11-10-23-21(4)27(46)15-29(50-39)36(23)37)49-32(54)18-65-19-47-40(59)22(5)48-42(61)38(20(2)3)51-41(60)30(8-7-9-35(57)58)53-33(55)12-13-34(53)56/h12-15,20,22,28,30,38,64H,6-11,16-19H2,1-5H3,(H,47,59)(H,48,61)(H,49,54)(H,51,60)(H,57,58)/t22-,28+,30?,38-,45-/m0/s1. The van der Waals surface area contributed by atoms with Crippen LogP contribution in [0.1, 0.15) is 99.2 Å². The number of nitrogens with one attached hydrogen (secondary N) is 4. The van der Waals surface area contributed by atoms with E-state index in [4.69, 9.17) is 19.6 Å². The molecule has 0 radical (unpaired) electrons. The molecular formula is C45H50FN7O13. The van der Waals surface area contributed by atoms with Gasteiger partial charge in [-0.2, -0.15) is 0 Å². The number of aliphatic carboxylic acids is 1. The minimum atomic E-state index is -2.05. The smallest absolute Gasteiger partial charge is 0.343 e. The highest BCUT2D eigenvalue weighted by Crippen LogP contribution is 2.46. The number of carbonyl (C=O) groups excluding carboxylic acids is 7. The number of aromatic nitrogens is 2. The molecule has 0 saturated heterocycles. The molecule has 0 bridgehead atoms. The summed E-state index contributed by atoms with van der Waals surface area (Å²) < 4.78 is 27.5. The molecule has 3 aliphatic heterocycles. The number of fused-ring (bicyclic) bond motifs is 5. The summed E-state index contributed by atoms with van der Waals surface area (Å²) in [5.74, 6) is -7.41. The van der Waals surface area contributed by atoms with Gasteiger partial charge in [0.15, 0.2) is 5.60 Å². The second-order valence-electron chi connectivity index (χ2n) is 17.1. The topological polar surface area (TPSA) is 282 Å². The molecule has 66 heavy (non-hydrogen) atoms. The lowest BCUT2D eigenvalue weighted by atomic mass is 9.81. The highest BCUT2D eigenvalue weighted by molar-refractivity contribution is 6.15. The van der Waals surface area contributed by atoms with Crippen LogP contribution in [0.5, 0.6) is 0 Å². The number of halogens is 1. The van der Waals surface area contributed by atoms with Gasteiger partial charge in [0.25, 0.3) is 17.4 Å². The Hall–Kier alpha value is -6.87. The first kappa shape index (κ1) is 47.1. The molecule has 350 valence electrons. The molecule has 7 rings (SSSR count). The third-order valence-corrected chi connectivity index (χ3v) is 12.6. The number of amides is 6. The van der Waals surface area contributed by atoms with E-state index in [-0.39, 0.29) is 50.0 Å². The van der Waals surface area contributed by atoms with Crippen LogP contribution in [0.15, 0.2) is 29.1 Å². The van der Waals surface area contributed by atoms with Crippen LogP contribution in [0.4, 0.5) is 4.39 Å². The maximum Gasteiger partial charge on any atom is 0.343 e. The van der Waals surface area contributed by atoms with Crippen LogP contribution in [-0.4, -0.2) is 104 Å². The van der Waals surface area contributed by atoms with Crippen LogP contribution in [-0.2, 0) is 73.0 Å². The van der Waals surface area contributed by atoms with Crippen molar-refractivity contribution in [2.45, 2.75) is 116 Å². The molecule has 0 fully saturated rings. The van der Waals surface area contributed by atoms with Crippen molar-refractivity contribution < 1.29 is 62.4 Å². The number of rotatable bonds is 17. The van der Waals surface area contributed by atoms with E-state index in [1.54, 1.807) is 33.8 Å². The summed E-state index contributed by atoms with van der Waals surface area (Å²) in [5.41, 5.74) is 1.10. The van der Waals surface area contributed by atoms with Gasteiger partial charge in [0, 0.05) is 41.2 Å². The van der Waals surface area contributed by atoms with E-state index in [0.717, 1.165) is 17.7 Å². The number of aryl methyl sites for hydroxylation is 1. The quantitative estimate of drug-likeness (QED) is 0.0372. The van der Waals surface area contributed by atoms with Crippen LogP contribution in [0.25, 0.3) is 22.3 Å². The van der Waals surface area contributed by atoms with Gasteiger partial charge in [0.05, 0.1) is 35.1 Å². The number of hydrogen-bond acceptors (Lipinski definition) is 13.